The van der Waals surface area contributed by atoms with Crippen molar-refractivity contribution in [2.75, 3.05) is 38.2 Å². The van der Waals surface area contributed by atoms with Crippen molar-refractivity contribution in [3.63, 3.8) is 0 Å². The Morgan fingerprint density at radius 1 is 1.17 bits per heavy atom. The maximum absolute atomic E-state index is 12.7. The standard InChI is InChI=1S/C21H23ClN4O3/c1-15-7-8-19(29-15)18(25-9-11-28-12-10-25)14-23-17-13-24-26(21(27)20(17)22)16-5-3-2-4-6-16/h2-8,13,18,23H,9-12,14H2,1H3/t18-/m1/s1. The second kappa shape index (κ2) is 8.82. The number of para-hydroxylation sites is 1. The predicted octanol–water partition coefficient (Wildman–Crippen LogP) is 3.27. The molecule has 1 aliphatic heterocycles. The zero-order chi connectivity index (χ0) is 20.2. The fourth-order valence-corrected chi connectivity index (χ4v) is 3.64. The number of morpholine rings is 1. The van der Waals surface area contributed by atoms with E-state index in [1.54, 1.807) is 6.20 Å². The van der Waals surface area contributed by atoms with Gasteiger partial charge in [0, 0.05) is 19.6 Å². The third-order valence-corrected chi connectivity index (χ3v) is 5.35. The molecule has 0 unspecified atom stereocenters. The summed E-state index contributed by atoms with van der Waals surface area (Å²) in [6.07, 6.45) is 1.58. The lowest BCUT2D eigenvalue weighted by atomic mass is 10.1. The molecule has 1 aromatic carbocycles. The predicted molar refractivity (Wildman–Crippen MR) is 112 cm³/mol. The van der Waals surface area contributed by atoms with Gasteiger partial charge < -0.3 is 14.5 Å². The molecule has 0 amide bonds. The van der Waals surface area contributed by atoms with Gasteiger partial charge in [-0.15, -0.1) is 0 Å². The first kappa shape index (κ1) is 19.7. The highest BCUT2D eigenvalue weighted by molar-refractivity contribution is 6.32. The van der Waals surface area contributed by atoms with E-state index in [4.69, 9.17) is 20.8 Å². The van der Waals surface area contributed by atoms with Crippen molar-refractivity contribution in [2.24, 2.45) is 0 Å². The van der Waals surface area contributed by atoms with Crippen molar-refractivity contribution in [1.29, 1.82) is 0 Å². The van der Waals surface area contributed by atoms with Crippen LogP contribution in [0.25, 0.3) is 5.69 Å². The molecule has 4 rings (SSSR count). The third kappa shape index (κ3) is 4.37. The summed E-state index contributed by atoms with van der Waals surface area (Å²) in [5, 5.41) is 7.68. The van der Waals surface area contributed by atoms with Crippen molar-refractivity contribution >= 4 is 17.3 Å². The maximum Gasteiger partial charge on any atom is 0.292 e. The van der Waals surface area contributed by atoms with Gasteiger partial charge in [0.25, 0.3) is 5.56 Å². The largest absolute Gasteiger partial charge is 0.465 e. The second-order valence-electron chi connectivity index (χ2n) is 6.92. The Balaban J connectivity index is 1.56. The minimum absolute atomic E-state index is 0.000205. The number of ether oxygens (including phenoxy) is 1. The summed E-state index contributed by atoms with van der Waals surface area (Å²) in [7, 11) is 0. The van der Waals surface area contributed by atoms with Crippen LogP contribution in [0.3, 0.4) is 0 Å². The Kier molecular flexibility index (Phi) is 5.99. The molecule has 152 valence electrons. The Hall–Kier alpha value is -2.61. The van der Waals surface area contributed by atoms with E-state index in [1.807, 2.05) is 49.4 Å². The Morgan fingerprint density at radius 3 is 2.62 bits per heavy atom. The van der Waals surface area contributed by atoms with Gasteiger partial charge in [0.1, 0.15) is 16.5 Å². The SMILES string of the molecule is Cc1ccc([C@@H](CNc2cnn(-c3ccccc3)c(=O)c2Cl)N2CCOCC2)o1. The quantitative estimate of drug-likeness (QED) is 0.667. The van der Waals surface area contributed by atoms with E-state index < -0.39 is 0 Å². The lowest BCUT2D eigenvalue weighted by molar-refractivity contribution is 0.0143. The number of nitrogens with one attached hydrogen (secondary N) is 1. The van der Waals surface area contributed by atoms with Gasteiger partial charge >= 0.3 is 0 Å². The molecule has 2 aromatic heterocycles. The van der Waals surface area contributed by atoms with Gasteiger partial charge in [-0.1, -0.05) is 29.8 Å². The minimum Gasteiger partial charge on any atom is -0.465 e. The summed E-state index contributed by atoms with van der Waals surface area (Å²) in [4.78, 5) is 15.0. The molecule has 29 heavy (non-hydrogen) atoms. The normalized spacial score (nSPS) is 15.9. The fraction of sp³-hybridized carbons (Fsp3) is 0.333. The Labute approximate surface area is 173 Å². The fourth-order valence-electron chi connectivity index (χ4n) is 3.45. The van der Waals surface area contributed by atoms with Crippen LogP contribution in [-0.4, -0.2) is 47.5 Å². The van der Waals surface area contributed by atoms with Crippen molar-refractivity contribution in [1.82, 2.24) is 14.7 Å². The highest BCUT2D eigenvalue weighted by Gasteiger charge is 2.25. The van der Waals surface area contributed by atoms with Crippen LogP contribution in [-0.2, 0) is 4.74 Å². The molecule has 0 radical (unpaired) electrons. The lowest BCUT2D eigenvalue weighted by Gasteiger charge is -2.33. The number of halogens is 1. The van der Waals surface area contributed by atoms with Gasteiger partial charge in [-0.25, -0.2) is 0 Å². The Bertz CT molecular complexity index is 1010. The monoisotopic (exact) mass is 414 g/mol. The number of hydrogen-bond donors (Lipinski definition) is 1. The van der Waals surface area contributed by atoms with Crippen LogP contribution in [0.15, 0.2) is 57.9 Å². The molecular formula is C21H23ClN4O3. The smallest absolute Gasteiger partial charge is 0.292 e. The van der Waals surface area contributed by atoms with Gasteiger partial charge in [-0.05, 0) is 31.2 Å². The lowest BCUT2D eigenvalue weighted by Crippen LogP contribution is -2.41. The molecule has 1 fully saturated rings. The molecule has 0 saturated carbocycles. The van der Waals surface area contributed by atoms with Crippen molar-refractivity contribution in [3.05, 3.63) is 75.6 Å². The minimum atomic E-state index is -0.361. The molecule has 0 aliphatic carbocycles. The van der Waals surface area contributed by atoms with Crippen LogP contribution in [0.5, 0.6) is 0 Å². The van der Waals surface area contributed by atoms with Gasteiger partial charge in [0.05, 0.1) is 36.8 Å². The van der Waals surface area contributed by atoms with E-state index in [9.17, 15) is 4.79 Å². The molecule has 7 nitrogen and oxygen atoms in total. The summed E-state index contributed by atoms with van der Waals surface area (Å²) in [6, 6.07) is 13.2. The number of hydrogen-bond acceptors (Lipinski definition) is 6. The molecule has 3 heterocycles. The molecular weight excluding hydrogens is 392 g/mol. The number of benzene rings is 1. The molecule has 3 aromatic rings. The van der Waals surface area contributed by atoms with Crippen LogP contribution in [0.2, 0.25) is 5.02 Å². The summed E-state index contributed by atoms with van der Waals surface area (Å²) in [6.45, 7) is 5.46. The van der Waals surface area contributed by atoms with Crippen LogP contribution in [0.1, 0.15) is 17.6 Å². The number of rotatable bonds is 6. The van der Waals surface area contributed by atoms with E-state index in [0.29, 0.717) is 31.1 Å². The van der Waals surface area contributed by atoms with Crippen LogP contribution in [0.4, 0.5) is 5.69 Å². The van der Waals surface area contributed by atoms with Crippen molar-refractivity contribution < 1.29 is 9.15 Å². The van der Waals surface area contributed by atoms with Gasteiger partial charge in [-0.2, -0.15) is 9.78 Å². The first-order valence-electron chi connectivity index (χ1n) is 9.59. The second-order valence-corrected chi connectivity index (χ2v) is 7.30. The molecule has 1 aliphatic rings. The molecule has 1 saturated heterocycles. The molecule has 0 spiro atoms. The summed E-state index contributed by atoms with van der Waals surface area (Å²) < 4.78 is 12.7. The van der Waals surface area contributed by atoms with Gasteiger partial charge in [0.2, 0.25) is 0 Å². The molecule has 8 heteroatoms. The van der Waals surface area contributed by atoms with Crippen LogP contribution in [0, 0.1) is 6.92 Å². The topological polar surface area (TPSA) is 72.5 Å². The number of nitrogens with zero attached hydrogens (tertiary/aromatic N) is 3. The van der Waals surface area contributed by atoms with Crippen LogP contribution < -0.4 is 10.9 Å². The van der Waals surface area contributed by atoms with Gasteiger partial charge in [-0.3, -0.25) is 9.69 Å². The summed E-state index contributed by atoms with van der Waals surface area (Å²) in [5.41, 5.74) is 0.813. The highest BCUT2D eigenvalue weighted by atomic mass is 35.5. The average Bonchev–Trinajstić information content (AvgIpc) is 3.18. The van der Waals surface area contributed by atoms with Crippen LogP contribution >= 0.6 is 11.6 Å². The average molecular weight is 415 g/mol. The first-order valence-corrected chi connectivity index (χ1v) is 9.96. The van der Waals surface area contributed by atoms with E-state index in [1.165, 1.54) is 4.68 Å². The molecule has 1 atom stereocenters. The first-order chi connectivity index (χ1) is 14.1. The summed E-state index contributed by atoms with van der Waals surface area (Å²) in [5.74, 6) is 1.74. The zero-order valence-corrected chi connectivity index (χ0v) is 16.9. The van der Waals surface area contributed by atoms with E-state index in [2.05, 4.69) is 15.3 Å². The Morgan fingerprint density at radius 2 is 1.93 bits per heavy atom. The number of aromatic nitrogens is 2. The number of aryl methyl sites for hydroxylation is 1. The number of anilines is 1. The molecule has 1 N–H and O–H groups in total. The summed E-state index contributed by atoms with van der Waals surface area (Å²) >= 11 is 6.37. The maximum atomic E-state index is 12.7. The zero-order valence-electron chi connectivity index (χ0n) is 16.2. The highest BCUT2D eigenvalue weighted by Crippen LogP contribution is 2.26. The number of furan rings is 1. The third-order valence-electron chi connectivity index (χ3n) is 4.98. The van der Waals surface area contributed by atoms with Gasteiger partial charge in [0.15, 0.2) is 0 Å². The molecule has 0 bridgehead atoms. The van der Waals surface area contributed by atoms with Crippen molar-refractivity contribution in [3.8, 4) is 5.69 Å². The van der Waals surface area contributed by atoms with E-state index >= 15 is 0 Å². The van der Waals surface area contributed by atoms with E-state index in [0.717, 1.165) is 24.6 Å². The van der Waals surface area contributed by atoms with E-state index in [-0.39, 0.29) is 16.6 Å². The van der Waals surface area contributed by atoms with Crippen molar-refractivity contribution in [2.45, 2.75) is 13.0 Å².